The van der Waals surface area contributed by atoms with E-state index in [0.29, 0.717) is 5.69 Å². The van der Waals surface area contributed by atoms with Gasteiger partial charge in [-0.1, -0.05) is 34.1 Å². The van der Waals surface area contributed by atoms with Crippen molar-refractivity contribution in [2.24, 2.45) is 0 Å². The third kappa shape index (κ3) is 3.64. The standard InChI is InChI=1S/C19H21BrN2O3S/c1-13-10-16(8-9-17(13)20)21(26(3,24)25)12-19(23)22-14(2)11-15-6-4-5-7-18(15)22/h4-10,14H,11-12H2,1-3H3/t14-/m0/s1. The Labute approximate surface area is 162 Å². The maximum atomic E-state index is 13.0. The van der Waals surface area contributed by atoms with Crippen LogP contribution in [0.4, 0.5) is 11.4 Å². The van der Waals surface area contributed by atoms with E-state index in [0.717, 1.165) is 34.0 Å². The van der Waals surface area contributed by atoms with Crippen LogP contribution in [0.1, 0.15) is 18.1 Å². The number of carbonyl (C=O) groups is 1. The van der Waals surface area contributed by atoms with Crippen molar-refractivity contribution in [3.05, 3.63) is 58.1 Å². The van der Waals surface area contributed by atoms with E-state index in [4.69, 9.17) is 0 Å². The summed E-state index contributed by atoms with van der Waals surface area (Å²) in [4.78, 5) is 14.7. The molecule has 0 aromatic heterocycles. The zero-order chi connectivity index (χ0) is 19.1. The van der Waals surface area contributed by atoms with E-state index in [1.165, 1.54) is 4.31 Å². The Morgan fingerprint density at radius 2 is 1.96 bits per heavy atom. The maximum Gasteiger partial charge on any atom is 0.248 e. The molecule has 0 spiro atoms. The molecule has 5 nitrogen and oxygen atoms in total. The van der Waals surface area contributed by atoms with Gasteiger partial charge in [0, 0.05) is 16.2 Å². The monoisotopic (exact) mass is 436 g/mol. The average Bonchev–Trinajstić information content (AvgIpc) is 2.90. The van der Waals surface area contributed by atoms with E-state index >= 15 is 0 Å². The van der Waals surface area contributed by atoms with Crippen LogP contribution >= 0.6 is 15.9 Å². The van der Waals surface area contributed by atoms with Gasteiger partial charge in [0.05, 0.1) is 11.9 Å². The normalized spacial score (nSPS) is 16.5. The maximum absolute atomic E-state index is 13.0. The lowest BCUT2D eigenvalue weighted by Crippen LogP contribution is -2.45. The highest BCUT2D eigenvalue weighted by atomic mass is 79.9. The number of hydrogen-bond donors (Lipinski definition) is 0. The lowest BCUT2D eigenvalue weighted by Gasteiger charge is -2.28. The van der Waals surface area contributed by atoms with Crippen LogP contribution in [0.3, 0.4) is 0 Å². The van der Waals surface area contributed by atoms with E-state index < -0.39 is 10.0 Å². The van der Waals surface area contributed by atoms with Gasteiger partial charge in [0.25, 0.3) is 0 Å². The molecule has 0 aliphatic carbocycles. The molecule has 7 heteroatoms. The molecule has 138 valence electrons. The van der Waals surface area contributed by atoms with Crippen molar-refractivity contribution in [1.82, 2.24) is 0 Å². The van der Waals surface area contributed by atoms with Gasteiger partial charge >= 0.3 is 0 Å². The van der Waals surface area contributed by atoms with Gasteiger partial charge in [-0.25, -0.2) is 8.42 Å². The number of para-hydroxylation sites is 1. The summed E-state index contributed by atoms with van der Waals surface area (Å²) in [6.07, 6.45) is 1.90. The zero-order valence-electron chi connectivity index (χ0n) is 14.9. The number of benzene rings is 2. The summed E-state index contributed by atoms with van der Waals surface area (Å²) in [7, 11) is -3.60. The Bertz CT molecular complexity index is 959. The highest BCUT2D eigenvalue weighted by Gasteiger charge is 2.33. The Kier molecular flexibility index (Phi) is 5.12. The van der Waals surface area contributed by atoms with Crippen LogP contribution in [0.2, 0.25) is 0 Å². The molecule has 1 aliphatic heterocycles. The zero-order valence-corrected chi connectivity index (χ0v) is 17.3. The molecule has 1 heterocycles. The van der Waals surface area contributed by atoms with Gasteiger partial charge in [0.15, 0.2) is 0 Å². The lowest BCUT2D eigenvalue weighted by atomic mass is 10.1. The first-order valence-electron chi connectivity index (χ1n) is 8.32. The Balaban J connectivity index is 1.93. The molecule has 0 fully saturated rings. The second kappa shape index (κ2) is 7.04. The van der Waals surface area contributed by atoms with Gasteiger partial charge < -0.3 is 4.90 Å². The number of anilines is 2. The topological polar surface area (TPSA) is 57.7 Å². The number of nitrogens with zero attached hydrogens (tertiary/aromatic N) is 2. The summed E-state index contributed by atoms with van der Waals surface area (Å²) in [5, 5.41) is 0. The van der Waals surface area contributed by atoms with Crippen molar-refractivity contribution in [1.29, 1.82) is 0 Å². The molecule has 1 aliphatic rings. The quantitative estimate of drug-likeness (QED) is 0.736. The predicted octanol–water partition coefficient (Wildman–Crippen LogP) is 3.50. The Hall–Kier alpha value is -1.86. The number of carbonyl (C=O) groups excluding carboxylic acids is 1. The largest absolute Gasteiger partial charge is 0.307 e. The smallest absolute Gasteiger partial charge is 0.248 e. The Morgan fingerprint density at radius 1 is 1.27 bits per heavy atom. The SMILES string of the molecule is Cc1cc(N(CC(=O)N2c3ccccc3C[C@@H]2C)S(C)(=O)=O)ccc1Br. The van der Waals surface area contributed by atoms with Gasteiger partial charge in [-0.3, -0.25) is 9.10 Å². The lowest BCUT2D eigenvalue weighted by molar-refractivity contribution is -0.117. The number of aryl methyl sites for hydroxylation is 1. The molecule has 0 saturated heterocycles. The molecule has 2 aromatic rings. The van der Waals surface area contributed by atoms with Crippen LogP contribution in [0.15, 0.2) is 46.9 Å². The van der Waals surface area contributed by atoms with Crippen molar-refractivity contribution in [3.8, 4) is 0 Å². The van der Waals surface area contributed by atoms with Crippen LogP contribution in [-0.2, 0) is 21.2 Å². The second-order valence-electron chi connectivity index (χ2n) is 6.65. The molecule has 0 N–H and O–H groups in total. The number of hydrogen-bond acceptors (Lipinski definition) is 3. The van der Waals surface area contributed by atoms with Crippen LogP contribution in [0.5, 0.6) is 0 Å². The number of sulfonamides is 1. The summed E-state index contributed by atoms with van der Waals surface area (Å²) in [6, 6.07) is 13.0. The van der Waals surface area contributed by atoms with Crippen molar-refractivity contribution in [3.63, 3.8) is 0 Å². The van der Waals surface area contributed by atoms with Crippen LogP contribution in [0, 0.1) is 6.92 Å². The third-order valence-electron chi connectivity index (χ3n) is 4.58. The van der Waals surface area contributed by atoms with Gasteiger partial charge in [-0.2, -0.15) is 0 Å². The number of halogens is 1. The molecule has 0 bridgehead atoms. The highest BCUT2D eigenvalue weighted by Crippen LogP contribution is 2.32. The van der Waals surface area contributed by atoms with Crippen LogP contribution in [-0.4, -0.2) is 33.2 Å². The van der Waals surface area contributed by atoms with E-state index in [2.05, 4.69) is 15.9 Å². The van der Waals surface area contributed by atoms with Crippen molar-refractivity contribution < 1.29 is 13.2 Å². The molecule has 2 aromatic carbocycles. The summed E-state index contributed by atoms with van der Waals surface area (Å²) in [5.74, 6) is -0.228. The van der Waals surface area contributed by atoms with Gasteiger partial charge in [-0.05, 0) is 55.7 Å². The Morgan fingerprint density at radius 3 is 2.62 bits per heavy atom. The van der Waals surface area contributed by atoms with Gasteiger partial charge in [0.2, 0.25) is 15.9 Å². The molecule has 1 amide bonds. The molecular weight excluding hydrogens is 416 g/mol. The molecule has 0 unspecified atom stereocenters. The summed E-state index contributed by atoms with van der Waals surface area (Å²) < 4.78 is 26.8. The number of amides is 1. The van der Waals surface area contributed by atoms with Gasteiger partial charge in [0.1, 0.15) is 6.54 Å². The number of fused-ring (bicyclic) bond motifs is 1. The van der Waals surface area contributed by atoms with Crippen LogP contribution < -0.4 is 9.21 Å². The summed E-state index contributed by atoms with van der Waals surface area (Å²) in [5.41, 5.74) is 3.37. The van der Waals surface area contributed by atoms with E-state index in [1.807, 2.05) is 38.1 Å². The number of rotatable bonds is 4. The molecular formula is C19H21BrN2O3S. The fourth-order valence-corrected chi connectivity index (χ4v) is 4.42. The van der Waals surface area contributed by atoms with Crippen molar-refractivity contribution >= 4 is 43.2 Å². The fourth-order valence-electron chi connectivity index (χ4n) is 3.33. The minimum absolute atomic E-state index is 0.00737. The third-order valence-corrected chi connectivity index (χ3v) is 6.61. The molecule has 3 rings (SSSR count). The predicted molar refractivity (Wildman–Crippen MR) is 108 cm³/mol. The van der Waals surface area contributed by atoms with E-state index in [9.17, 15) is 13.2 Å². The first-order chi connectivity index (χ1) is 12.2. The first kappa shape index (κ1) is 18.9. The molecule has 26 heavy (non-hydrogen) atoms. The van der Waals surface area contributed by atoms with Crippen molar-refractivity contribution in [2.75, 3.05) is 22.0 Å². The molecule has 1 atom stereocenters. The van der Waals surface area contributed by atoms with Crippen LogP contribution in [0.25, 0.3) is 0 Å². The summed E-state index contributed by atoms with van der Waals surface area (Å²) in [6.45, 7) is 3.64. The second-order valence-corrected chi connectivity index (χ2v) is 9.41. The summed E-state index contributed by atoms with van der Waals surface area (Å²) >= 11 is 3.42. The molecule has 0 saturated carbocycles. The average molecular weight is 437 g/mol. The van der Waals surface area contributed by atoms with E-state index in [1.54, 1.807) is 23.1 Å². The van der Waals surface area contributed by atoms with E-state index in [-0.39, 0.29) is 18.5 Å². The van der Waals surface area contributed by atoms with Crippen molar-refractivity contribution in [2.45, 2.75) is 26.3 Å². The van der Waals surface area contributed by atoms with Gasteiger partial charge in [-0.15, -0.1) is 0 Å². The minimum atomic E-state index is -3.60. The highest BCUT2D eigenvalue weighted by molar-refractivity contribution is 9.10. The molecule has 0 radical (unpaired) electrons. The fraction of sp³-hybridized carbons (Fsp3) is 0.316. The first-order valence-corrected chi connectivity index (χ1v) is 11.0. The minimum Gasteiger partial charge on any atom is -0.307 e.